The summed E-state index contributed by atoms with van der Waals surface area (Å²) in [6.07, 6.45) is 10.8. The fourth-order valence-corrected chi connectivity index (χ4v) is 6.84. The predicted octanol–water partition coefficient (Wildman–Crippen LogP) is 4.27. The van der Waals surface area contributed by atoms with Crippen molar-refractivity contribution in [2.24, 2.45) is 17.8 Å². The number of nitrogens with one attached hydrogen (secondary N) is 1. The van der Waals surface area contributed by atoms with Crippen LogP contribution < -0.4 is 14.8 Å². The number of benzene rings is 1. The minimum absolute atomic E-state index is 0.107. The van der Waals surface area contributed by atoms with Gasteiger partial charge in [-0.2, -0.15) is 0 Å². The Kier molecular flexibility index (Phi) is 4.60. The molecule has 4 saturated carbocycles. The molecule has 1 aromatic rings. The van der Waals surface area contributed by atoms with Gasteiger partial charge in [0.15, 0.2) is 11.5 Å². The van der Waals surface area contributed by atoms with E-state index >= 15 is 0 Å². The first kappa shape index (κ1) is 17.8. The first-order valence-corrected chi connectivity index (χ1v) is 10.8. The summed E-state index contributed by atoms with van der Waals surface area (Å²) < 4.78 is 17.4. The molecular formula is C23H33NO3. The topological polar surface area (TPSA) is 39.7 Å². The summed E-state index contributed by atoms with van der Waals surface area (Å²) in [4.78, 5) is 0. The Morgan fingerprint density at radius 1 is 1.00 bits per heavy atom. The zero-order valence-corrected chi connectivity index (χ0v) is 16.8. The zero-order chi connectivity index (χ0) is 18.4. The van der Waals surface area contributed by atoms with Gasteiger partial charge in [0.2, 0.25) is 0 Å². The van der Waals surface area contributed by atoms with Gasteiger partial charge in [0.1, 0.15) is 0 Å². The molecule has 1 heterocycles. The second-order valence-electron chi connectivity index (χ2n) is 9.45. The molecule has 1 aliphatic heterocycles. The summed E-state index contributed by atoms with van der Waals surface area (Å²) in [6, 6.07) is 4.30. The number of methoxy groups -OCH3 is 2. The van der Waals surface area contributed by atoms with Gasteiger partial charge in [-0.1, -0.05) is 0 Å². The first-order valence-electron chi connectivity index (χ1n) is 10.8. The van der Waals surface area contributed by atoms with Gasteiger partial charge >= 0.3 is 0 Å². The van der Waals surface area contributed by atoms with Crippen LogP contribution in [0.15, 0.2) is 12.1 Å². The molecule has 1 atom stereocenters. The van der Waals surface area contributed by atoms with E-state index in [1.54, 1.807) is 14.2 Å². The minimum Gasteiger partial charge on any atom is -0.493 e. The highest BCUT2D eigenvalue weighted by molar-refractivity contribution is 5.48. The van der Waals surface area contributed by atoms with Gasteiger partial charge in [0.05, 0.1) is 20.3 Å². The van der Waals surface area contributed by atoms with Crippen LogP contribution >= 0.6 is 0 Å². The van der Waals surface area contributed by atoms with E-state index in [0.717, 1.165) is 55.2 Å². The SMILES string of the molecule is COc1cc2c(cc1OC)C(CNC13CC4CC(CC(C4)C1)C3)OCCC2. The van der Waals surface area contributed by atoms with Crippen molar-refractivity contribution in [1.82, 2.24) is 5.32 Å². The third kappa shape index (κ3) is 3.25. The van der Waals surface area contributed by atoms with Crippen molar-refractivity contribution >= 4 is 0 Å². The van der Waals surface area contributed by atoms with Crippen LogP contribution in [0.5, 0.6) is 11.5 Å². The Morgan fingerprint density at radius 2 is 1.63 bits per heavy atom. The van der Waals surface area contributed by atoms with Crippen LogP contribution in [0, 0.1) is 17.8 Å². The van der Waals surface area contributed by atoms with Crippen molar-refractivity contribution in [3.8, 4) is 11.5 Å². The molecule has 4 heteroatoms. The number of rotatable bonds is 5. The lowest BCUT2D eigenvalue weighted by Crippen LogP contribution is -2.59. The fraction of sp³-hybridized carbons (Fsp3) is 0.739. The molecule has 27 heavy (non-hydrogen) atoms. The van der Waals surface area contributed by atoms with Crippen LogP contribution in [-0.4, -0.2) is 32.9 Å². The maximum absolute atomic E-state index is 6.31. The average Bonchev–Trinajstić information content (AvgIpc) is 2.85. The zero-order valence-electron chi connectivity index (χ0n) is 16.8. The lowest BCUT2D eigenvalue weighted by molar-refractivity contribution is -0.0305. The van der Waals surface area contributed by atoms with Crippen LogP contribution in [0.4, 0.5) is 0 Å². The average molecular weight is 372 g/mol. The largest absolute Gasteiger partial charge is 0.493 e. The number of aryl methyl sites for hydroxylation is 1. The summed E-state index contributed by atoms with van der Waals surface area (Å²) in [5.74, 6) is 4.54. The Balaban J connectivity index is 1.37. The summed E-state index contributed by atoms with van der Waals surface area (Å²) in [6.45, 7) is 1.74. The molecule has 1 N–H and O–H groups in total. The van der Waals surface area contributed by atoms with Crippen LogP contribution in [0.1, 0.15) is 62.2 Å². The van der Waals surface area contributed by atoms with Crippen molar-refractivity contribution in [1.29, 1.82) is 0 Å². The van der Waals surface area contributed by atoms with Crippen molar-refractivity contribution in [3.05, 3.63) is 23.3 Å². The summed E-state index contributed by atoms with van der Waals surface area (Å²) >= 11 is 0. The van der Waals surface area contributed by atoms with Crippen molar-refractivity contribution in [2.75, 3.05) is 27.4 Å². The van der Waals surface area contributed by atoms with Crippen LogP contribution in [-0.2, 0) is 11.2 Å². The highest BCUT2D eigenvalue weighted by Gasteiger charge is 2.50. The number of fused-ring (bicyclic) bond motifs is 1. The van der Waals surface area contributed by atoms with E-state index in [2.05, 4.69) is 17.4 Å². The highest BCUT2D eigenvalue weighted by atomic mass is 16.5. The summed E-state index contributed by atoms with van der Waals surface area (Å²) in [7, 11) is 3.42. The molecule has 4 fully saturated rings. The predicted molar refractivity (Wildman–Crippen MR) is 105 cm³/mol. The van der Waals surface area contributed by atoms with E-state index in [9.17, 15) is 0 Å². The molecule has 0 spiro atoms. The molecule has 6 rings (SSSR count). The van der Waals surface area contributed by atoms with E-state index in [4.69, 9.17) is 14.2 Å². The second-order valence-corrected chi connectivity index (χ2v) is 9.45. The minimum atomic E-state index is 0.107. The van der Waals surface area contributed by atoms with Gasteiger partial charge in [-0.15, -0.1) is 0 Å². The molecule has 4 nitrogen and oxygen atoms in total. The second kappa shape index (κ2) is 6.97. The maximum atomic E-state index is 6.31. The van der Waals surface area contributed by atoms with Gasteiger partial charge in [0, 0.05) is 18.7 Å². The molecule has 0 saturated heterocycles. The molecule has 0 radical (unpaired) electrons. The molecule has 148 valence electrons. The molecule has 1 unspecified atom stereocenters. The van der Waals surface area contributed by atoms with Crippen molar-refractivity contribution < 1.29 is 14.2 Å². The van der Waals surface area contributed by atoms with Gasteiger partial charge in [0.25, 0.3) is 0 Å². The van der Waals surface area contributed by atoms with E-state index < -0.39 is 0 Å². The van der Waals surface area contributed by atoms with Gasteiger partial charge in [-0.05, 0) is 92.4 Å². The normalized spacial score (nSPS) is 37.0. The third-order valence-electron chi connectivity index (χ3n) is 7.60. The quantitative estimate of drug-likeness (QED) is 0.839. The van der Waals surface area contributed by atoms with E-state index in [-0.39, 0.29) is 6.10 Å². The highest BCUT2D eigenvalue weighted by Crippen LogP contribution is 2.55. The van der Waals surface area contributed by atoms with Crippen molar-refractivity contribution in [2.45, 2.75) is 63.0 Å². The van der Waals surface area contributed by atoms with Gasteiger partial charge in [-0.25, -0.2) is 0 Å². The first-order chi connectivity index (χ1) is 13.2. The van der Waals surface area contributed by atoms with Crippen molar-refractivity contribution in [3.63, 3.8) is 0 Å². The lowest BCUT2D eigenvalue weighted by atomic mass is 9.53. The summed E-state index contributed by atoms with van der Waals surface area (Å²) in [5.41, 5.74) is 3.01. The summed E-state index contributed by atoms with van der Waals surface area (Å²) in [5, 5.41) is 4.03. The molecule has 1 aromatic carbocycles. The molecule has 5 aliphatic rings. The monoisotopic (exact) mass is 371 g/mol. The standard InChI is InChI=1S/C23H33NO3/c1-25-20-9-18-4-3-5-27-22(19(18)10-21(20)26-2)14-24-23-11-15-6-16(12-23)8-17(7-15)13-23/h9-10,15-17,22,24H,3-8,11-14H2,1-2H3. The number of hydrogen-bond acceptors (Lipinski definition) is 4. The molecular weight excluding hydrogens is 338 g/mol. The third-order valence-corrected chi connectivity index (χ3v) is 7.60. The van der Waals surface area contributed by atoms with Gasteiger partial charge in [-0.3, -0.25) is 0 Å². The van der Waals surface area contributed by atoms with E-state index in [1.807, 2.05) is 0 Å². The van der Waals surface area contributed by atoms with E-state index in [0.29, 0.717) is 5.54 Å². The number of ether oxygens (including phenoxy) is 3. The Morgan fingerprint density at radius 3 is 2.26 bits per heavy atom. The Hall–Kier alpha value is -1.26. The lowest BCUT2D eigenvalue weighted by Gasteiger charge is -2.57. The maximum Gasteiger partial charge on any atom is 0.161 e. The Labute approximate surface area is 163 Å². The van der Waals surface area contributed by atoms with Crippen LogP contribution in [0.3, 0.4) is 0 Å². The molecule has 0 aromatic heterocycles. The number of hydrogen-bond donors (Lipinski definition) is 1. The van der Waals surface area contributed by atoms with Crippen LogP contribution in [0.2, 0.25) is 0 Å². The molecule has 4 bridgehead atoms. The molecule has 4 aliphatic carbocycles. The molecule has 0 amide bonds. The van der Waals surface area contributed by atoms with Crippen LogP contribution in [0.25, 0.3) is 0 Å². The fourth-order valence-electron chi connectivity index (χ4n) is 6.84. The van der Waals surface area contributed by atoms with Gasteiger partial charge < -0.3 is 19.5 Å². The Bertz CT molecular complexity index is 666. The smallest absolute Gasteiger partial charge is 0.161 e. The van der Waals surface area contributed by atoms with E-state index in [1.165, 1.54) is 49.7 Å².